The van der Waals surface area contributed by atoms with Gasteiger partial charge in [-0.3, -0.25) is 10.1 Å². The summed E-state index contributed by atoms with van der Waals surface area (Å²) in [4.78, 5) is 12.4. The van der Waals surface area contributed by atoms with Gasteiger partial charge in [-0.15, -0.1) is 0 Å². The molecule has 0 N–H and O–H groups in total. The van der Waals surface area contributed by atoms with Gasteiger partial charge in [0.1, 0.15) is 12.4 Å². The van der Waals surface area contributed by atoms with Gasteiger partial charge in [-0.1, -0.05) is 6.58 Å². The van der Waals surface area contributed by atoms with E-state index >= 15 is 0 Å². The van der Waals surface area contributed by atoms with Gasteiger partial charge in [0.15, 0.2) is 0 Å². The number of fused-ring (bicyclic) bond motifs is 1. The van der Waals surface area contributed by atoms with E-state index in [0.29, 0.717) is 25.6 Å². The van der Waals surface area contributed by atoms with Crippen molar-refractivity contribution < 1.29 is 14.4 Å². The Morgan fingerprint density at radius 2 is 2.39 bits per heavy atom. The van der Waals surface area contributed by atoms with Gasteiger partial charge in [-0.05, 0) is 6.08 Å². The second-order valence-electron chi connectivity index (χ2n) is 4.23. The van der Waals surface area contributed by atoms with E-state index < -0.39 is 4.92 Å². The Hall–Kier alpha value is -1.82. The zero-order valence-corrected chi connectivity index (χ0v) is 10.3. The second kappa shape index (κ2) is 5.22. The van der Waals surface area contributed by atoms with E-state index in [-0.39, 0.29) is 11.7 Å². The monoisotopic (exact) mass is 252 g/mol. The van der Waals surface area contributed by atoms with Crippen molar-refractivity contribution >= 4 is 0 Å². The fourth-order valence-corrected chi connectivity index (χ4v) is 2.09. The summed E-state index contributed by atoms with van der Waals surface area (Å²) in [6.07, 6.45) is 3.12. The lowest BCUT2D eigenvalue weighted by atomic mass is 10.1. The average Bonchev–Trinajstić information content (AvgIpc) is 2.38. The summed E-state index contributed by atoms with van der Waals surface area (Å²) in [6, 6.07) is 0.166. The van der Waals surface area contributed by atoms with Crippen LogP contribution in [0.15, 0.2) is 35.9 Å². The first-order chi connectivity index (χ1) is 8.63. The SMILES string of the molecule is C=CC1=C(/C=C(\C)[N+](=O)[O-])OCC2COCCN12. The van der Waals surface area contributed by atoms with Gasteiger partial charge < -0.3 is 14.4 Å². The Morgan fingerprint density at radius 1 is 1.61 bits per heavy atom. The highest BCUT2D eigenvalue weighted by Crippen LogP contribution is 2.26. The van der Waals surface area contributed by atoms with Gasteiger partial charge in [0.2, 0.25) is 5.70 Å². The van der Waals surface area contributed by atoms with Crippen LogP contribution in [0.3, 0.4) is 0 Å². The highest BCUT2D eigenvalue weighted by molar-refractivity contribution is 5.30. The second-order valence-corrected chi connectivity index (χ2v) is 4.23. The maximum absolute atomic E-state index is 10.7. The molecule has 98 valence electrons. The summed E-state index contributed by atoms with van der Waals surface area (Å²) >= 11 is 0. The van der Waals surface area contributed by atoms with Crippen molar-refractivity contribution in [2.75, 3.05) is 26.4 Å². The van der Waals surface area contributed by atoms with Crippen LogP contribution < -0.4 is 0 Å². The van der Waals surface area contributed by atoms with E-state index in [9.17, 15) is 10.1 Å². The van der Waals surface area contributed by atoms with E-state index in [0.717, 1.165) is 12.2 Å². The molecular formula is C12H16N2O4. The molecule has 0 aromatic carbocycles. The van der Waals surface area contributed by atoms with Crippen molar-refractivity contribution in [2.45, 2.75) is 13.0 Å². The third kappa shape index (κ3) is 2.38. The van der Waals surface area contributed by atoms with E-state index in [1.54, 1.807) is 6.08 Å². The maximum Gasteiger partial charge on any atom is 0.246 e. The molecule has 0 radical (unpaired) electrons. The van der Waals surface area contributed by atoms with Crippen molar-refractivity contribution in [3.8, 4) is 0 Å². The number of nitrogens with zero attached hydrogens (tertiary/aromatic N) is 2. The molecule has 0 aliphatic carbocycles. The molecule has 2 aliphatic heterocycles. The van der Waals surface area contributed by atoms with E-state index in [1.165, 1.54) is 13.0 Å². The molecule has 18 heavy (non-hydrogen) atoms. The largest absolute Gasteiger partial charge is 0.489 e. The Balaban J connectivity index is 2.31. The summed E-state index contributed by atoms with van der Waals surface area (Å²) in [5, 5.41) is 10.7. The van der Waals surface area contributed by atoms with Crippen molar-refractivity contribution in [2.24, 2.45) is 0 Å². The lowest BCUT2D eigenvalue weighted by Gasteiger charge is -2.41. The fourth-order valence-electron chi connectivity index (χ4n) is 2.09. The molecule has 1 fully saturated rings. The third-order valence-corrected chi connectivity index (χ3v) is 3.04. The topological polar surface area (TPSA) is 64.8 Å². The summed E-state index contributed by atoms with van der Waals surface area (Å²) in [5.41, 5.74) is 0.854. The minimum absolute atomic E-state index is 0.0519. The number of allylic oxidation sites excluding steroid dienone is 3. The zero-order chi connectivity index (χ0) is 13.1. The van der Waals surface area contributed by atoms with Crippen LogP contribution in [0, 0.1) is 10.1 Å². The maximum atomic E-state index is 10.7. The molecule has 0 aromatic heterocycles. The Bertz CT molecular complexity index is 428. The molecule has 1 saturated heterocycles. The number of hydrogen-bond acceptors (Lipinski definition) is 5. The van der Waals surface area contributed by atoms with Crippen LogP contribution in [0.2, 0.25) is 0 Å². The quantitative estimate of drug-likeness (QED) is 0.559. The molecular weight excluding hydrogens is 236 g/mol. The number of nitro groups is 1. The smallest absolute Gasteiger partial charge is 0.246 e. The molecule has 1 unspecified atom stereocenters. The molecule has 2 aliphatic rings. The molecule has 2 rings (SSSR count). The highest BCUT2D eigenvalue weighted by atomic mass is 16.6. The minimum atomic E-state index is -0.428. The van der Waals surface area contributed by atoms with Gasteiger partial charge in [0.05, 0.1) is 36.0 Å². The summed E-state index contributed by atoms with van der Waals surface area (Å²) in [6.45, 7) is 7.71. The molecule has 2 heterocycles. The van der Waals surface area contributed by atoms with Crippen molar-refractivity contribution in [1.29, 1.82) is 0 Å². The summed E-state index contributed by atoms with van der Waals surface area (Å²) < 4.78 is 11.0. The standard InChI is InChI=1S/C12H16N2O4/c1-3-11-12(6-9(2)14(15)16)18-8-10-7-17-5-4-13(10)11/h3,6,10H,1,4-5,7-8H2,2H3/b9-6+. The Labute approximate surface area is 105 Å². The average molecular weight is 252 g/mol. The molecule has 0 bridgehead atoms. The van der Waals surface area contributed by atoms with Crippen LogP contribution in [-0.2, 0) is 9.47 Å². The van der Waals surface area contributed by atoms with E-state index in [1.807, 2.05) is 0 Å². The number of rotatable bonds is 3. The van der Waals surface area contributed by atoms with Crippen LogP contribution in [0.4, 0.5) is 0 Å². The number of ether oxygens (including phenoxy) is 2. The predicted octanol–water partition coefficient (Wildman–Crippen LogP) is 1.30. The molecule has 6 nitrogen and oxygen atoms in total. The van der Waals surface area contributed by atoms with E-state index in [2.05, 4.69) is 11.5 Å². The van der Waals surface area contributed by atoms with Crippen molar-refractivity contribution in [1.82, 2.24) is 4.90 Å². The van der Waals surface area contributed by atoms with Crippen molar-refractivity contribution in [3.63, 3.8) is 0 Å². The molecule has 0 spiro atoms. The molecule has 6 heteroatoms. The normalized spacial score (nSPS) is 24.4. The summed E-state index contributed by atoms with van der Waals surface area (Å²) in [7, 11) is 0. The van der Waals surface area contributed by atoms with Gasteiger partial charge >= 0.3 is 0 Å². The van der Waals surface area contributed by atoms with Gasteiger partial charge in [0, 0.05) is 13.5 Å². The van der Waals surface area contributed by atoms with Gasteiger partial charge in [0.25, 0.3) is 0 Å². The Kier molecular flexibility index (Phi) is 3.66. The van der Waals surface area contributed by atoms with Crippen LogP contribution in [-0.4, -0.2) is 42.2 Å². The first-order valence-corrected chi connectivity index (χ1v) is 5.80. The molecule has 1 atom stereocenters. The molecule has 0 aromatic rings. The number of hydrogen-bond donors (Lipinski definition) is 0. The van der Waals surface area contributed by atoms with Crippen LogP contribution in [0.25, 0.3) is 0 Å². The van der Waals surface area contributed by atoms with Crippen LogP contribution >= 0.6 is 0 Å². The van der Waals surface area contributed by atoms with Gasteiger partial charge in [-0.2, -0.15) is 0 Å². The minimum Gasteiger partial charge on any atom is -0.489 e. The first kappa shape index (κ1) is 12.6. The fraction of sp³-hybridized carbons (Fsp3) is 0.500. The van der Waals surface area contributed by atoms with Crippen LogP contribution in [0.1, 0.15) is 6.92 Å². The van der Waals surface area contributed by atoms with Crippen molar-refractivity contribution in [3.05, 3.63) is 46.0 Å². The van der Waals surface area contributed by atoms with Crippen LogP contribution in [0.5, 0.6) is 0 Å². The third-order valence-electron chi connectivity index (χ3n) is 3.04. The molecule has 0 amide bonds. The van der Waals surface area contributed by atoms with Gasteiger partial charge in [-0.25, -0.2) is 0 Å². The Morgan fingerprint density at radius 3 is 3.06 bits per heavy atom. The first-order valence-electron chi connectivity index (χ1n) is 5.80. The highest BCUT2D eigenvalue weighted by Gasteiger charge is 2.30. The molecule has 0 saturated carbocycles. The summed E-state index contributed by atoms with van der Waals surface area (Å²) in [5.74, 6) is 0.511. The lowest BCUT2D eigenvalue weighted by molar-refractivity contribution is -0.424. The lowest BCUT2D eigenvalue weighted by Crippen LogP contribution is -2.49. The predicted molar refractivity (Wildman–Crippen MR) is 65.2 cm³/mol. The van der Waals surface area contributed by atoms with E-state index in [4.69, 9.17) is 9.47 Å². The number of morpholine rings is 1. The zero-order valence-electron chi connectivity index (χ0n) is 10.3.